The van der Waals surface area contributed by atoms with Crippen molar-refractivity contribution >= 4 is 21.8 Å². The lowest BCUT2D eigenvalue weighted by Crippen LogP contribution is -2.53. The average Bonchev–Trinajstić information content (AvgIpc) is 2.87. The SMILES string of the molecule is CCNC(=O)[C@@H](Cc1ccccc1)N(Cc1ccccc1)C(=O)CN(Cc1ccccc1)S(C)(=O)=O. The van der Waals surface area contributed by atoms with E-state index in [9.17, 15) is 18.0 Å². The molecule has 0 bridgehead atoms. The fourth-order valence-electron chi connectivity index (χ4n) is 3.95. The van der Waals surface area contributed by atoms with Crippen molar-refractivity contribution in [2.45, 2.75) is 32.5 Å². The second kappa shape index (κ2) is 13.0. The Kier molecular flexibility index (Phi) is 9.78. The minimum Gasteiger partial charge on any atom is -0.355 e. The summed E-state index contributed by atoms with van der Waals surface area (Å²) in [5.41, 5.74) is 2.53. The minimum atomic E-state index is -3.69. The highest BCUT2D eigenvalue weighted by Gasteiger charge is 2.32. The minimum absolute atomic E-state index is 0.0646. The van der Waals surface area contributed by atoms with Gasteiger partial charge in [-0.05, 0) is 23.6 Å². The molecule has 0 aliphatic rings. The number of hydrogen-bond donors (Lipinski definition) is 1. The third-order valence-corrected chi connectivity index (χ3v) is 7.00. The van der Waals surface area contributed by atoms with Gasteiger partial charge in [-0.15, -0.1) is 0 Å². The number of nitrogens with zero attached hydrogens (tertiary/aromatic N) is 2. The van der Waals surface area contributed by atoms with Gasteiger partial charge in [0.15, 0.2) is 0 Å². The number of benzene rings is 3. The molecule has 8 heteroatoms. The summed E-state index contributed by atoms with van der Waals surface area (Å²) in [6.45, 7) is 2.12. The van der Waals surface area contributed by atoms with Crippen LogP contribution in [0.1, 0.15) is 23.6 Å². The highest BCUT2D eigenvalue weighted by atomic mass is 32.2. The first-order valence-corrected chi connectivity index (χ1v) is 13.8. The van der Waals surface area contributed by atoms with Crippen molar-refractivity contribution in [3.05, 3.63) is 108 Å². The Labute approximate surface area is 213 Å². The molecule has 3 aromatic rings. The molecule has 3 rings (SSSR count). The highest BCUT2D eigenvalue weighted by Crippen LogP contribution is 2.17. The van der Waals surface area contributed by atoms with Crippen molar-refractivity contribution < 1.29 is 18.0 Å². The van der Waals surface area contributed by atoms with E-state index >= 15 is 0 Å². The van der Waals surface area contributed by atoms with Crippen LogP contribution in [0.2, 0.25) is 0 Å². The fourth-order valence-corrected chi connectivity index (χ4v) is 4.67. The molecule has 36 heavy (non-hydrogen) atoms. The third-order valence-electron chi connectivity index (χ3n) is 5.80. The standard InChI is InChI=1S/C28H33N3O4S/c1-3-29-28(33)26(19-23-13-7-4-8-14-23)31(21-25-17-11-6-12-18-25)27(32)22-30(36(2,34)35)20-24-15-9-5-10-16-24/h4-18,26H,3,19-22H2,1-2H3,(H,29,33)/t26-/m1/s1. The van der Waals surface area contributed by atoms with Crippen molar-refractivity contribution in [2.75, 3.05) is 19.3 Å². The van der Waals surface area contributed by atoms with Crippen LogP contribution in [0, 0.1) is 0 Å². The Hall–Kier alpha value is -3.49. The van der Waals surface area contributed by atoms with E-state index in [0.29, 0.717) is 13.0 Å². The van der Waals surface area contributed by atoms with Gasteiger partial charge in [0.2, 0.25) is 21.8 Å². The molecule has 2 amide bonds. The lowest BCUT2D eigenvalue weighted by Gasteiger charge is -2.33. The number of carbonyl (C=O) groups excluding carboxylic acids is 2. The van der Waals surface area contributed by atoms with Crippen LogP contribution in [0.4, 0.5) is 0 Å². The lowest BCUT2D eigenvalue weighted by molar-refractivity contribution is -0.141. The van der Waals surface area contributed by atoms with E-state index in [4.69, 9.17) is 0 Å². The number of likely N-dealkylation sites (N-methyl/N-ethyl adjacent to an activating group) is 1. The van der Waals surface area contributed by atoms with Gasteiger partial charge in [-0.25, -0.2) is 8.42 Å². The molecule has 0 aromatic heterocycles. The summed E-state index contributed by atoms with van der Waals surface area (Å²) >= 11 is 0. The Morgan fingerprint density at radius 1 is 0.778 bits per heavy atom. The first-order chi connectivity index (χ1) is 17.3. The van der Waals surface area contributed by atoms with Crippen LogP contribution in [0.15, 0.2) is 91.0 Å². The van der Waals surface area contributed by atoms with Crippen LogP contribution < -0.4 is 5.32 Å². The number of carbonyl (C=O) groups is 2. The summed E-state index contributed by atoms with van der Waals surface area (Å²) in [4.78, 5) is 28.5. The molecule has 0 saturated heterocycles. The van der Waals surface area contributed by atoms with E-state index < -0.39 is 22.0 Å². The monoisotopic (exact) mass is 507 g/mol. The van der Waals surface area contributed by atoms with Crippen molar-refractivity contribution in [1.29, 1.82) is 0 Å². The molecule has 3 aromatic carbocycles. The third kappa shape index (κ3) is 8.03. The zero-order valence-corrected chi connectivity index (χ0v) is 21.5. The fraction of sp³-hybridized carbons (Fsp3) is 0.286. The van der Waals surface area contributed by atoms with Crippen molar-refractivity contribution in [3.8, 4) is 0 Å². The summed E-state index contributed by atoms with van der Waals surface area (Å²) in [5, 5.41) is 2.85. The largest absolute Gasteiger partial charge is 0.355 e. The molecular formula is C28H33N3O4S. The molecule has 0 saturated carbocycles. The van der Waals surface area contributed by atoms with Gasteiger partial charge in [0, 0.05) is 26.1 Å². The van der Waals surface area contributed by atoms with Gasteiger partial charge in [-0.3, -0.25) is 9.59 Å². The molecule has 0 heterocycles. The average molecular weight is 508 g/mol. The molecule has 0 fully saturated rings. The quantitative estimate of drug-likeness (QED) is 0.408. The molecule has 0 aliphatic heterocycles. The predicted molar refractivity (Wildman–Crippen MR) is 141 cm³/mol. The van der Waals surface area contributed by atoms with E-state index in [1.807, 2.05) is 97.9 Å². The number of amides is 2. The Balaban J connectivity index is 1.95. The maximum atomic E-state index is 13.8. The van der Waals surface area contributed by atoms with E-state index in [1.165, 1.54) is 4.90 Å². The predicted octanol–water partition coefficient (Wildman–Crippen LogP) is 3.22. The molecule has 0 radical (unpaired) electrons. The van der Waals surface area contributed by atoms with Gasteiger partial charge in [-0.2, -0.15) is 4.31 Å². The van der Waals surface area contributed by atoms with Crippen LogP contribution in [-0.4, -0.2) is 54.8 Å². The maximum Gasteiger partial charge on any atom is 0.243 e. The number of sulfonamides is 1. The van der Waals surface area contributed by atoms with Crippen LogP contribution in [0.5, 0.6) is 0 Å². The molecule has 1 N–H and O–H groups in total. The number of rotatable bonds is 12. The lowest BCUT2D eigenvalue weighted by atomic mass is 10.0. The van der Waals surface area contributed by atoms with E-state index in [2.05, 4.69) is 5.32 Å². The number of hydrogen-bond acceptors (Lipinski definition) is 4. The summed E-state index contributed by atoms with van der Waals surface area (Å²) < 4.78 is 26.4. The van der Waals surface area contributed by atoms with Gasteiger partial charge < -0.3 is 10.2 Å². The Bertz CT molecular complexity index is 1220. The van der Waals surface area contributed by atoms with Crippen LogP contribution >= 0.6 is 0 Å². The summed E-state index contributed by atoms with van der Waals surface area (Å²) in [7, 11) is -3.69. The van der Waals surface area contributed by atoms with Crippen molar-refractivity contribution in [3.63, 3.8) is 0 Å². The molecule has 7 nitrogen and oxygen atoms in total. The van der Waals surface area contributed by atoms with E-state index in [1.54, 1.807) is 0 Å². The molecule has 1 atom stereocenters. The van der Waals surface area contributed by atoms with Gasteiger partial charge in [0.05, 0.1) is 12.8 Å². The molecule has 0 aliphatic carbocycles. The molecular weight excluding hydrogens is 474 g/mol. The topological polar surface area (TPSA) is 86.8 Å². The van der Waals surface area contributed by atoms with Gasteiger partial charge >= 0.3 is 0 Å². The van der Waals surface area contributed by atoms with Crippen LogP contribution in [-0.2, 0) is 39.1 Å². The molecule has 190 valence electrons. The zero-order chi connectivity index (χ0) is 26.0. The Morgan fingerprint density at radius 2 is 1.25 bits per heavy atom. The van der Waals surface area contributed by atoms with Crippen molar-refractivity contribution in [2.24, 2.45) is 0 Å². The van der Waals surface area contributed by atoms with Crippen LogP contribution in [0.3, 0.4) is 0 Å². The van der Waals surface area contributed by atoms with Gasteiger partial charge in [0.1, 0.15) is 6.04 Å². The van der Waals surface area contributed by atoms with E-state index in [-0.39, 0.29) is 25.5 Å². The van der Waals surface area contributed by atoms with Gasteiger partial charge in [-0.1, -0.05) is 91.0 Å². The first kappa shape index (κ1) is 27.1. The normalized spacial score (nSPS) is 12.2. The summed E-state index contributed by atoms with van der Waals surface area (Å²) in [6.07, 6.45) is 1.40. The van der Waals surface area contributed by atoms with Gasteiger partial charge in [0.25, 0.3) is 0 Å². The second-order valence-corrected chi connectivity index (χ2v) is 10.6. The molecule has 0 spiro atoms. The molecule has 0 unspecified atom stereocenters. The number of nitrogens with one attached hydrogen (secondary N) is 1. The summed E-state index contributed by atoms with van der Waals surface area (Å²) in [5.74, 6) is -0.716. The maximum absolute atomic E-state index is 13.8. The van der Waals surface area contributed by atoms with E-state index in [0.717, 1.165) is 27.3 Å². The Morgan fingerprint density at radius 3 is 1.72 bits per heavy atom. The first-order valence-electron chi connectivity index (χ1n) is 11.9. The second-order valence-electron chi connectivity index (χ2n) is 8.62. The highest BCUT2D eigenvalue weighted by molar-refractivity contribution is 7.88. The smallest absolute Gasteiger partial charge is 0.243 e. The van der Waals surface area contributed by atoms with Crippen molar-refractivity contribution in [1.82, 2.24) is 14.5 Å². The summed E-state index contributed by atoms with van der Waals surface area (Å²) in [6, 6.07) is 27.2. The zero-order valence-electron chi connectivity index (χ0n) is 20.7. The van der Waals surface area contributed by atoms with Crippen LogP contribution in [0.25, 0.3) is 0 Å².